The van der Waals surface area contributed by atoms with E-state index in [9.17, 15) is 4.79 Å². The smallest absolute Gasteiger partial charge is 0.255 e. The molecule has 6 heteroatoms. The van der Waals surface area contributed by atoms with Crippen molar-refractivity contribution in [1.82, 2.24) is 4.98 Å². The molecular weight excluding hydrogens is 407 g/mol. The zero-order chi connectivity index (χ0) is 20.5. The van der Waals surface area contributed by atoms with E-state index in [2.05, 4.69) is 24.1 Å². The summed E-state index contributed by atoms with van der Waals surface area (Å²) in [6.45, 7) is 4.26. The van der Waals surface area contributed by atoms with Crippen molar-refractivity contribution in [3.05, 3.63) is 81.8 Å². The first kappa shape index (κ1) is 19.5. The standard InChI is InChI=1S/C23H18Cl2N2O2/c1-13(2)15-5-10-21-20(11-15)27-23(29-21)18-12-17(8-9-19(18)25)26-22(28)14-3-6-16(24)7-4-14/h3-13H,1-2H3,(H,26,28). The first-order valence-electron chi connectivity index (χ1n) is 9.18. The summed E-state index contributed by atoms with van der Waals surface area (Å²) in [7, 11) is 0. The van der Waals surface area contributed by atoms with Gasteiger partial charge in [-0.2, -0.15) is 0 Å². The molecule has 0 bridgehead atoms. The lowest BCUT2D eigenvalue weighted by atomic mass is 10.0. The molecule has 3 aromatic carbocycles. The van der Waals surface area contributed by atoms with Crippen LogP contribution in [0.15, 0.2) is 65.1 Å². The highest BCUT2D eigenvalue weighted by molar-refractivity contribution is 6.33. The summed E-state index contributed by atoms with van der Waals surface area (Å²) >= 11 is 12.3. The third-order valence-corrected chi connectivity index (χ3v) is 5.22. The Morgan fingerprint density at radius 2 is 1.76 bits per heavy atom. The number of aromatic nitrogens is 1. The minimum atomic E-state index is -0.242. The van der Waals surface area contributed by atoms with E-state index in [-0.39, 0.29) is 5.91 Å². The van der Waals surface area contributed by atoms with Crippen LogP contribution < -0.4 is 5.32 Å². The molecule has 0 aliphatic heterocycles. The van der Waals surface area contributed by atoms with Crippen LogP contribution in [-0.2, 0) is 0 Å². The molecule has 4 nitrogen and oxygen atoms in total. The highest BCUT2D eigenvalue weighted by Crippen LogP contribution is 2.33. The number of oxazole rings is 1. The lowest BCUT2D eigenvalue weighted by Crippen LogP contribution is -2.11. The molecule has 0 saturated heterocycles. The van der Waals surface area contributed by atoms with Crippen molar-refractivity contribution in [2.45, 2.75) is 19.8 Å². The number of carbonyl (C=O) groups is 1. The van der Waals surface area contributed by atoms with E-state index >= 15 is 0 Å². The average molecular weight is 425 g/mol. The summed E-state index contributed by atoms with van der Waals surface area (Å²) in [6.07, 6.45) is 0. The first-order valence-corrected chi connectivity index (χ1v) is 9.93. The third-order valence-electron chi connectivity index (χ3n) is 4.64. The fourth-order valence-corrected chi connectivity index (χ4v) is 3.31. The van der Waals surface area contributed by atoms with Crippen molar-refractivity contribution in [3.8, 4) is 11.5 Å². The highest BCUT2D eigenvalue weighted by Gasteiger charge is 2.15. The van der Waals surface area contributed by atoms with Crippen LogP contribution in [0, 0.1) is 0 Å². The lowest BCUT2D eigenvalue weighted by Gasteiger charge is -2.08. The van der Waals surface area contributed by atoms with Gasteiger partial charge in [-0.1, -0.05) is 43.1 Å². The molecular formula is C23H18Cl2N2O2. The van der Waals surface area contributed by atoms with Gasteiger partial charge in [-0.3, -0.25) is 4.79 Å². The second-order valence-electron chi connectivity index (χ2n) is 7.06. The number of carbonyl (C=O) groups excluding carboxylic acids is 1. The summed E-state index contributed by atoms with van der Waals surface area (Å²) in [5, 5.41) is 3.93. The fraction of sp³-hybridized carbons (Fsp3) is 0.130. The summed E-state index contributed by atoms with van der Waals surface area (Å²) in [4.78, 5) is 17.1. The van der Waals surface area contributed by atoms with Crippen LogP contribution in [0.25, 0.3) is 22.6 Å². The van der Waals surface area contributed by atoms with Crippen molar-refractivity contribution >= 4 is 45.9 Å². The van der Waals surface area contributed by atoms with Crippen molar-refractivity contribution < 1.29 is 9.21 Å². The predicted octanol–water partition coefficient (Wildman–Crippen LogP) is 7.18. The molecule has 0 spiro atoms. The second kappa shape index (κ2) is 7.90. The largest absolute Gasteiger partial charge is 0.436 e. The fourth-order valence-electron chi connectivity index (χ4n) is 2.99. The van der Waals surface area contributed by atoms with Crippen LogP contribution >= 0.6 is 23.2 Å². The van der Waals surface area contributed by atoms with Crippen LogP contribution in [0.5, 0.6) is 0 Å². The molecule has 4 rings (SSSR count). The predicted molar refractivity (Wildman–Crippen MR) is 118 cm³/mol. The Labute approximate surface area is 178 Å². The number of nitrogens with zero attached hydrogens (tertiary/aromatic N) is 1. The van der Waals surface area contributed by atoms with Crippen molar-refractivity contribution in [1.29, 1.82) is 0 Å². The van der Waals surface area contributed by atoms with Gasteiger partial charge in [-0.25, -0.2) is 4.98 Å². The molecule has 0 atom stereocenters. The van der Waals surface area contributed by atoms with Gasteiger partial charge in [0.15, 0.2) is 5.58 Å². The molecule has 146 valence electrons. The molecule has 0 radical (unpaired) electrons. The maximum absolute atomic E-state index is 12.5. The number of anilines is 1. The zero-order valence-electron chi connectivity index (χ0n) is 15.9. The van der Waals surface area contributed by atoms with Gasteiger partial charge < -0.3 is 9.73 Å². The van der Waals surface area contributed by atoms with E-state index in [0.717, 1.165) is 5.52 Å². The highest BCUT2D eigenvalue weighted by atomic mass is 35.5. The molecule has 1 heterocycles. The quantitative estimate of drug-likeness (QED) is 0.377. The van der Waals surface area contributed by atoms with Crippen LogP contribution in [0.3, 0.4) is 0 Å². The van der Waals surface area contributed by atoms with Gasteiger partial charge in [-0.15, -0.1) is 0 Å². The minimum Gasteiger partial charge on any atom is -0.436 e. The molecule has 4 aromatic rings. The monoisotopic (exact) mass is 424 g/mol. The van der Waals surface area contributed by atoms with E-state index in [1.807, 2.05) is 18.2 Å². The number of nitrogens with one attached hydrogen (secondary N) is 1. The number of benzene rings is 3. The molecule has 1 N–H and O–H groups in total. The molecule has 1 amide bonds. The van der Waals surface area contributed by atoms with E-state index < -0.39 is 0 Å². The van der Waals surface area contributed by atoms with Gasteiger partial charge >= 0.3 is 0 Å². The van der Waals surface area contributed by atoms with Crippen LogP contribution in [0.2, 0.25) is 10.0 Å². The van der Waals surface area contributed by atoms with Crippen LogP contribution in [0.1, 0.15) is 35.7 Å². The van der Waals surface area contributed by atoms with E-state index in [1.165, 1.54) is 5.56 Å². The molecule has 0 aliphatic rings. The van der Waals surface area contributed by atoms with Crippen molar-refractivity contribution in [3.63, 3.8) is 0 Å². The Hall–Kier alpha value is -2.82. The number of halogens is 2. The number of fused-ring (bicyclic) bond motifs is 1. The topological polar surface area (TPSA) is 55.1 Å². The Morgan fingerprint density at radius 3 is 2.48 bits per heavy atom. The van der Waals surface area contributed by atoms with Gasteiger partial charge in [0.25, 0.3) is 5.91 Å². The Morgan fingerprint density at radius 1 is 1.00 bits per heavy atom. The van der Waals surface area contributed by atoms with Gasteiger partial charge in [0.2, 0.25) is 5.89 Å². The Kier molecular flexibility index (Phi) is 5.31. The van der Waals surface area contributed by atoms with Crippen molar-refractivity contribution in [2.75, 3.05) is 5.32 Å². The van der Waals surface area contributed by atoms with Gasteiger partial charge in [0.05, 0.1) is 10.6 Å². The molecule has 1 aromatic heterocycles. The Bertz CT molecular complexity index is 1200. The van der Waals surface area contributed by atoms with E-state index in [1.54, 1.807) is 42.5 Å². The van der Waals surface area contributed by atoms with Crippen LogP contribution in [0.4, 0.5) is 5.69 Å². The molecule has 0 saturated carbocycles. The maximum Gasteiger partial charge on any atom is 0.255 e. The number of hydrogen-bond acceptors (Lipinski definition) is 3. The van der Waals surface area contributed by atoms with Gasteiger partial charge in [0.1, 0.15) is 5.52 Å². The van der Waals surface area contributed by atoms with Gasteiger partial charge in [0, 0.05) is 16.3 Å². The number of amides is 1. The normalized spacial score (nSPS) is 11.2. The summed E-state index contributed by atoms with van der Waals surface area (Å²) in [5.74, 6) is 0.567. The van der Waals surface area contributed by atoms with Gasteiger partial charge in [-0.05, 0) is 66.1 Å². The van der Waals surface area contributed by atoms with E-state index in [0.29, 0.717) is 44.3 Å². The summed E-state index contributed by atoms with van der Waals surface area (Å²) in [5.41, 5.74) is 4.37. The number of hydrogen-bond donors (Lipinski definition) is 1. The SMILES string of the molecule is CC(C)c1ccc2oc(-c3cc(NC(=O)c4ccc(Cl)cc4)ccc3Cl)nc2c1. The van der Waals surface area contributed by atoms with Crippen LogP contribution in [-0.4, -0.2) is 10.9 Å². The summed E-state index contributed by atoms with van der Waals surface area (Å²) in [6, 6.07) is 17.9. The lowest BCUT2D eigenvalue weighted by molar-refractivity contribution is 0.102. The molecule has 29 heavy (non-hydrogen) atoms. The van der Waals surface area contributed by atoms with Crippen molar-refractivity contribution in [2.24, 2.45) is 0 Å². The Balaban J connectivity index is 1.65. The average Bonchev–Trinajstić information content (AvgIpc) is 3.13. The second-order valence-corrected chi connectivity index (χ2v) is 7.90. The zero-order valence-corrected chi connectivity index (χ0v) is 17.4. The maximum atomic E-state index is 12.5. The molecule has 0 fully saturated rings. The first-order chi connectivity index (χ1) is 13.9. The third kappa shape index (κ3) is 4.14. The van der Waals surface area contributed by atoms with E-state index in [4.69, 9.17) is 27.6 Å². The molecule has 0 aliphatic carbocycles. The number of rotatable bonds is 4. The minimum absolute atomic E-state index is 0.242. The molecule has 0 unspecified atom stereocenters. The summed E-state index contributed by atoms with van der Waals surface area (Å²) < 4.78 is 5.90.